The van der Waals surface area contributed by atoms with Gasteiger partial charge in [-0.05, 0) is 25.5 Å². The van der Waals surface area contributed by atoms with Crippen molar-refractivity contribution in [1.29, 1.82) is 5.26 Å². The normalized spacial score (nSPS) is 9.86. The Kier molecular flexibility index (Phi) is 4.24. The summed E-state index contributed by atoms with van der Waals surface area (Å²) in [6.45, 7) is 3.79. The minimum Gasteiger partial charge on any atom is -0.245 e. The van der Waals surface area contributed by atoms with Gasteiger partial charge in [-0.3, -0.25) is 0 Å². The molecule has 0 aromatic carbocycles. The van der Waals surface area contributed by atoms with Crippen LogP contribution in [0.3, 0.4) is 0 Å². The van der Waals surface area contributed by atoms with Gasteiger partial charge < -0.3 is 0 Å². The van der Waals surface area contributed by atoms with Crippen LogP contribution in [0.2, 0.25) is 0 Å². The fourth-order valence-electron chi connectivity index (χ4n) is 1.18. The highest BCUT2D eigenvalue weighted by Gasteiger charge is 2.05. The van der Waals surface area contributed by atoms with Gasteiger partial charge in [0.05, 0.1) is 16.3 Å². The number of pyridine rings is 1. The number of halogens is 1. The zero-order valence-electron chi connectivity index (χ0n) is 8.17. The maximum atomic E-state index is 8.85. The molecule has 0 amide bonds. The molecule has 0 N–H and O–H groups in total. The summed E-state index contributed by atoms with van der Waals surface area (Å²) >= 11 is 7.20. The second-order valence-corrected chi connectivity index (χ2v) is 4.38. The third-order valence-corrected chi connectivity index (χ3v) is 3.14. The van der Waals surface area contributed by atoms with Crippen molar-refractivity contribution in [3.63, 3.8) is 0 Å². The first-order chi connectivity index (χ1) is 6.69. The summed E-state index contributed by atoms with van der Waals surface area (Å²) in [5.41, 5.74) is 2.46. The molecule has 0 bridgehead atoms. The fraction of sp³-hybridized carbons (Fsp3) is 0.400. The predicted molar refractivity (Wildman–Crippen MR) is 59.9 cm³/mol. The molecular weight excluding hydrogens is 216 g/mol. The average Bonchev–Trinajstić information content (AvgIpc) is 2.14. The molecule has 0 atom stereocenters. The van der Waals surface area contributed by atoms with E-state index in [9.17, 15) is 0 Å². The number of rotatable bonds is 3. The molecule has 0 fully saturated rings. The van der Waals surface area contributed by atoms with Crippen molar-refractivity contribution >= 4 is 23.4 Å². The lowest BCUT2D eigenvalue weighted by Crippen LogP contribution is -1.94. The average molecular weight is 227 g/mol. The van der Waals surface area contributed by atoms with Gasteiger partial charge in [-0.2, -0.15) is 5.26 Å². The molecule has 0 aliphatic carbocycles. The molecular formula is C10H11ClN2S. The van der Waals surface area contributed by atoms with Gasteiger partial charge in [-0.1, -0.05) is 0 Å². The first-order valence-corrected chi connectivity index (χ1v) is 5.78. The van der Waals surface area contributed by atoms with Gasteiger partial charge in [-0.15, -0.1) is 23.4 Å². The van der Waals surface area contributed by atoms with Gasteiger partial charge in [0.2, 0.25) is 0 Å². The summed E-state index contributed by atoms with van der Waals surface area (Å²) in [5.74, 6) is 1.46. The van der Waals surface area contributed by atoms with Crippen molar-refractivity contribution < 1.29 is 0 Å². The Morgan fingerprint density at radius 1 is 1.57 bits per heavy atom. The lowest BCUT2D eigenvalue weighted by molar-refractivity contribution is 1.03. The monoisotopic (exact) mass is 226 g/mol. The summed E-state index contributed by atoms with van der Waals surface area (Å²) in [7, 11) is 0. The summed E-state index contributed by atoms with van der Waals surface area (Å²) < 4.78 is 0. The van der Waals surface area contributed by atoms with Gasteiger partial charge in [0.1, 0.15) is 6.07 Å². The molecule has 2 nitrogen and oxygen atoms in total. The summed E-state index contributed by atoms with van der Waals surface area (Å²) in [6, 6.07) is 4.08. The van der Waals surface area contributed by atoms with Crippen LogP contribution in [0.4, 0.5) is 0 Å². The minimum absolute atomic E-state index is 0.616. The number of nitrogens with zero attached hydrogens (tertiary/aromatic N) is 2. The standard InChI is InChI=1S/C10H11ClN2S/c1-7-5-10(14-4-3-11)13-8(2)9(7)6-12/h5H,3-4H2,1-2H3. The van der Waals surface area contributed by atoms with Crippen LogP contribution in [-0.4, -0.2) is 16.6 Å². The largest absolute Gasteiger partial charge is 0.245 e. The highest BCUT2D eigenvalue weighted by molar-refractivity contribution is 7.99. The van der Waals surface area contributed by atoms with Crippen molar-refractivity contribution in [3.05, 3.63) is 22.9 Å². The Balaban J connectivity index is 2.97. The van der Waals surface area contributed by atoms with E-state index in [1.807, 2.05) is 19.9 Å². The number of aromatic nitrogens is 1. The molecule has 0 saturated heterocycles. The lowest BCUT2D eigenvalue weighted by atomic mass is 10.1. The predicted octanol–water partition coefficient (Wildman–Crippen LogP) is 2.90. The van der Waals surface area contributed by atoms with Gasteiger partial charge in [0, 0.05) is 11.6 Å². The van der Waals surface area contributed by atoms with Crippen LogP contribution in [-0.2, 0) is 0 Å². The van der Waals surface area contributed by atoms with Gasteiger partial charge >= 0.3 is 0 Å². The maximum absolute atomic E-state index is 8.85. The van der Waals surface area contributed by atoms with E-state index in [-0.39, 0.29) is 0 Å². The first kappa shape index (κ1) is 11.4. The summed E-state index contributed by atoms with van der Waals surface area (Å²) in [5, 5.41) is 9.79. The topological polar surface area (TPSA) is 36.7 Å². The number of thioether (sulfide) groups is 1. The van der Waals surface area contributed by atoms with Gasteiger partial charge in [0.15, 0.2) is 0 Å². The minimum atomic E-state index is 0.616. The number of nitriles is 1. The van der Waals surface area contributed by atoms with Crippen molar-refractivity contribution in [2.45, 2.75) is 18.9 Å². The summed E-state index contributed by atoms with van der Waals surface area (Å²) in [4.78, 5) is 4.32. The number of hydrogen-bond acceptors (Lipinski definition) is 3. The van der Waals surface area contributed by atoms with E-state index in [1.165, 1.54) is 0 Å². The number of hydrogen-bond donors (Lipinski definition) is 0. The zero-order valence-corrected chi connectivity index (χ0v) is 9.74. The van der Waals surface area contributed by atoms with Crippen LogP contribution in [0.1, 0.15) is 16.8 Å². The first-order valence-electron chi connectivity index (χ1n) is 4.26. The third-order valence-electron chi connectivity index (χ3n) is 1.81. The van der Waals surface area contributed by atoms with Crippen molar-refractivity contribution in [2.75, 3.05) is 11.6 Å². The van der Waals surface area contributed by atoms with E-state index < -0.39 is 0 Å². The van der Waals surface area contributed by atoms with E-state index in [2.05, 4.69) is 11.1 Å². The molecule has 4 heteroatoms. The van der Waals surface area contributed by atoms with Gasteiger partial charge in [-0.25, -0.2) is 4.98 Å². The van der Waals surface area contributed by atoms with Crippen LogP contribution in [0.5, 0.6) is 0 Å². The molecule has 74 valence electrons. The molecule has 1 aromatic rings. The SMILES string of the molecule is Cc1cc(SCCCl)nc(C)c1C#N. The molecule has 0 radical (unpaired) electrons. The maximum Gasteiger partial charge on any atom is 0.101 e. The number of aryl methyl sites for hydroxylation is 2. The highest BCUT2D eigenvalue weighted by Crippen LogP contribution is 2.20. The third kappa shape index (κ3) is 2.63. The number of alkyl halides is 1. The molecule has 1 aromatic heterocycles. The second kappa shape index (κ2) is 5.23. The van der Waals surface area contributed by atoms with Crippen LogP contribution >= 0.6 is 23.4 Å². The molecule has 0 unspecified atom stereocenters. The molecule has 0 aliphatic rings. The van der Waals surface area contributed by atoms with E-state index in [4.69, 9.17) is 16.9 Å². The smallest absolute Gasteiger partial charge is 0.101 e. The Morgan fingerprint density at radius 3 is 2.79 bits per heavy atom. The highest BCUT2D eigenvalue weighted by atomic mass is 35.5. The fourth-order valence-corrected chi connectivity index (χ4v) is 2.16. The molecule has 0 spiro atoms. The van der Waals surface area contributed by atoms with Crippen LogP contribution in [0.15, 0.2) is 11.1 Å². The molecule has 0 saturated carbocycles. The van der Waals surface area contributed by atoms with Crippen LogP contribution in [0, 0.1) is 25.2 Å². The van der Waals surface area contributed by atoms with Gasteiger partial charge in [0.25, 0.3) is 0 Å². The molecule has 1 heterocycles. The lowest BCUT2D eigenvalue weighted by Gasteiger charge is -2.04. The van der Waals surface area contributed by atoms with E-state index in [0.29, 0.717) is 11.4 Å². The zero-order chi connectivity index (χ0) is 10.6. The van der Waals surface area contributed by atoms with Crippen molar-refractivity contribution in [1.82, 2.24) is 4.98 Å². The van der Waals surface area contributed by atoms with Crippen molar-refractivity contribution in [3.8, 4) is 6.07 Å². The molecule has 14 heavy (non-hydrogen) atoms. The van der Waals surface area contributed by atoms with Crippen molar-refractivity contribution in [2.24, 2.45) is 0 Å². The molecule has 0 aliphatic heterocycles. The van der Waals surface area contributed by atoms with E-state index in [0.717, 1.165) is 22.0 Å². The summed E-state index contributed by atoms with van der Waals surface area (Å²) in [6.07, 6.45) is 0. The Hall–Kier alpha value is -0.720. The van der Waals surface area contributed by atoms with E-state index in [1.54, 1.807) is 11.8 Å². The molecule has 1 rings (SSSR count). The second-order valence-electron chi connectivity index (χ2n) is 2.89. The Labute approximate surface area is 93.3 Å². The Morgan fingerprint density at radius 2 is 2.29 bits per heavy atom. The Bertz CT molecular complexity index is 348. The van der Waals surface area contributed by atoms with Crippen LogP contribution in [0.25, 0.3) is 0 Å². The van der Waals surface area contributed by atoms with Crippen LogP contribution < -0.4 is 0 Å². The van der Waals surface area contributed by atoms with E-state index >= 15 is 0 Å². The quantitative estimate of drug-likeness (QED) is 0.588.